The van der Waals surface area contributed by atoms with Gasteiger partial charge in [0.2, 0.25) is 0 Å². The van der Waals surface area contributed by atoms with Gasteiger partial charge in [0, 0.05) is 6.61 Å². The molecule has 54 valence electrons. The summed E-state index contributed by atoms with van der Waals surface area (Å²) in [5.41, 5.74) is 0. The third-order valence-electron chi connectivity index (χ3n) is 1.05. The Labute approximate surface area is 55.8 Å². The lowest BCUT2D eigenvalue weighted by Crippen LogP contribution is -1.80. The van der Waals surface area contributed by atoms with Crippen molar-refractivity contribution in [2.24, 2.45) is 0 Å². The Balaban J connectivity index is 2.82. The molecule has 2 nitrogen and oxygen atoms in total. The molecule has 0 aromatic carbocycles. The molecule has 0 fully saturated rings. The van der Waals surface area contributed by atoms with Crippen LogP contribution in [0.2, 0.25) is 0 Å². The lowest BCUT2D eigenvalue weighted by atomic mass is 10.2. The minimum atomic E-state index is 0.124. The number of allylic oxidation sites excluding steroid dienone is 1. The SMILES string of the molecule is OCC=CCCCCO. The van der Waals surface area contributed by atoms with E-state index >= 15 is 0 Å². The van der Waals surface area contributed by atoms with Crippen molar-refractivity contribution in [2.45, 2.75) is 19.3 Å². The fourth-order valence-corrected chi connectivity index (χ4v) is 0.566. The summed E-state index contributed by atoms with van der Waals surface area (Å²) in [6, 6.07) is 0. The second-order valence-electron chi connectivity index (χ2n) is 1.87. The van der Waals surface area contributed by atoms with E-state index in [0.29, 0.717) is 0 Å². The standard InChI is InChI=1S/C7H14O2/c8-6-4-2-1-3-5-7-9/h2,4,8-9H,1,3,5-7H2. The highest BCUT2D eigenvalue weighted by atomic mass is 16.3. The minimum absolute atomic E-state index is 0.124. The molecule has 0 saturated carbocycles. The molecule has 0 unspecified atom stereocenters. The highest BCUT2D eigenvalue weighted by Crippen LogP contribution is 1.94. The first-order chi connectivity index (χ1) is 4.41. The molecule has 0 aliphatic rings. The van der Waals surface area contributed by atoms with Gasteiger partial charge in [-0.25, -0.2) is 0 Å². The molecular weight excluding hydrogens is 116 g/mol. The van der Waals surface area contributed by atoms with Gasteiger partial charge >= 0.3 is 0 Å². The molecular formula is C7H14O2. The van der Waals surface area contributed by atoms with Crippen molar-refractivity contribution in [2.75, 3.05) is 13.2 Å². The van der Waals surface area contributed by atoms with E-state index in [1.807, 2.05) is 6.08 Å². The quantitative estimate of drug-likeness (QED) is 0.425. The number of hydrogen-bond donors (Lipinski definition) is 2. The summed E-state index contributed by atoms with van der Waals surface area (Å²) < 4.78 is 0. The minimum Gasteiger partial charge on any atom is -0.396 e. The molecule has 0 spiro atoms. The predicted molar refractivity (Wildman–Crippen MR) is 37.2 cm³/mol. The van der Waals surface area contributed by atoms with Gasteiger partial charge in [0.1, 0.15) is 0 Å². The number of rotatable bonds is 5. The summed E-state index contributed by atoms with van der Waals surface area (Å²) in [6.07, 6.45) is 6.47. The van der Waals surface area contributed by atoms with Crippen LogP contribution in [0.25, 0.3) is 0 Å². The van der Waals surface area contributed by atoms with Gasteiger partial charge in [-0.2, -0.15) is 0 Å². The van der Waals surface area contributed by atoms with Crippen LogP contribution in [-0.4, -0.2) is 23.4 Å². The van der Waals surface area contributed by atoms with Gasteiger partial charge < -0.3 is 10.2 Å². The average Bonchev–Trinajstić information content (AvgIpc) is 1.89. The van der Waals surface area contributed by atoms with Gasteiger partial charge in [0.15, 0.2) is 0 Å². The van der Waals surface area contributed by atoms with E-state index in [-0.39, 0.29) is 13.2 Å². The normalized spacial score (nSPS) is 10.9. The maximum absolute atomic E-state index is 8.35. The largest absolute Gasteiger partial charge is 0.396 e. The fourth-order valence-electron chi connectivity index (χ4n) is 0.566. The Hall–Kier alpha value is -0.340. The number of unbranched alkanes of at least 4 members (excludes halogenated alkanes) is 2. The molecule has 0 aliphatic carbocycles. The molecule has 0 aromatic heterocycles. The van der Waals surface area contributed by atoms with Gasteiger partial charge in [-0.05, 0) is 19.3 Å². The van der Waals surface area contributed by atoms with E-state index in [1.165, 1.54) is 0 Å². The predicted octanol–water partition coefficient (Wildman–Crippen LogP) is 0.698. The highest BCUT2D eigenvalue weighted by Gasteiger charge is 1.80. The molecule has 0 saturated heterocycles. The maximum Gasteiger partial charge on any atom is 0.0612 e. The molecule has 9 heavy (non-hydrogen) atoms. The fraction of sp³-hybridized carbons (Fsp3) is 0.714. The van der Waals surface area contributed by atoms with Crippen LogP contribution in [0.4, 0.5) is 0 Å². The van der Waals surface area contributed by atoms with Crippen LogP contribution >= 0.6 is 0 Å². The van der Waals surface area contributed by atoms with Crippen LogP contribution in [0, 0.1) is 0 Å². The summed E-state index contributed by atoms with van der Waals surface area (Å²) in [7, 11) is 0. The molecule has 0 aliphatic heterocycles. The zero-order valence-electron chi connectivity index (χ0n) is 5.58. The summed E-state index contributed by atoms with van der Waals surface area (Å²) in [6.45, 7) is 0.395. The van der Waals surface area contributed by atoms with Crippen LogP contribution in [0.15, 0.2) is 12.2 Å². The Morgan fingerprint density at radius 1 is 1.00 bits per heavy atom. The van der Waals surface area contributed by atoms with Crippen LogP contribution in [0.1, 0.15) is 19.3 Å². The van der Waals surface area contributed by atoms with E-state index in [9.17, 15) is 0 Å². The van der Waals surface area contributed by atoms with Gasteiger partial charge in [-0.1, -0.05) is 12.2 Å². The van der Waals surface area contributed by atoms with Crippen molar-refractivity contribution >= 4 is 0 Å². The van der Waals surface area contributed by atoms with Crippen molar-refractivity contribution in [3.63, 3.8) is 0 Å². The topological polar surface area (TPSA) is 40.5 Å². The van der Waals surface area contributed by atoms with Crippen molar-refractivity contribution in [3.05, 3.63) is 12.2 Å². The van der Waals surface area contributed by atoms with Crippen LogP contribution in [-0.2, 0) is 0 Å². The Kier molecular flexibility index (Phi) is 7.37. The van der Waals surface area contributed by atoms with E-state index in [1.54, 1.807) is 6.08 Å². The number of aliphatic hydroxyl groups excluding tert-OH is 2. The first-order valence-corrected chi connectivity index (χ1v) is 3.28. The molecule has 0 aromatic rings. The molecule has 0 atom stereocenters. The van der Waals surface area contributed by atoms with Crippen molar-refractivity contribution in [1.82, 2.24) is 0 Å². The average molecular weight is 130 g/mol. The van der Waals surface area contributed by atoms with Crippen LogP contribution in [0.3, 0.4) is 0 Å². The first-order valence-electron chi connectivity index (χ1n) is 3.28. The molecule has 2 N–H and O–H groups in total. The van der Waals surface area contributed by atoms with Crippen molar-refractivity contribution in [1.29, 1.82) is 0 Å². The highest BCUT2D eigenvalue weighted by molar-refractivity contribution is 4.80. The van der Waals surface area contributed by atoms with Crippen LogP contribution in [0.5, 0.6) is 0 Å². The first kappa shape index (κ1) is 8.66. The summed E-state index contributed by atoms with van der Waals surface area (Å²) in [5.74, 6) is 0. The van der Waals surface area contributed by atoms with Crippen molar-refractivity contribution < 1.29 is 10.2 Å². The summed E-state index contributed by atoms with van der Waals surface area (Å²) in [4.78, 5) is 0. The monoisotopic (exact) mass is 130 g/mol. The molecule has 2 heteroatoms. The summed E-state index contributed by atoms with van der Waals surface area (Å²) in [5, 5.41) is 16.6. The number of hydrogen-bond acceptors (Lipinski definition) is 2. The third-order valence-corrected chi connectivity index (χ3v) is 1.05. The van der Waals surface area contributed by atoms with Gasteiger partial charge in [0.05, 0.1) is 6.61 Å². The molecule has 0 heterocycles. The smallest absolute Gasteiger partial charge is 0.0612 e. The molecule has 0 radical (unpaired) electrons. The summed E-state index contributed by atoms with van der Waals surface area (Å²) >= 11 is 0. The zero-order chi connectivity index (χ0) is 6.95. The lowest BCUT2D eigenvalue weighted by molar-refractivity contribution is 0.285. The Morgan fingerprint density at radius 2 is 1.78 bits per heavy atom. The van der Waals surface area contributed by atoms with Gasteiger partial charge in [-0.3, -0.25) is 0 Å². The van der Waals surface area contributed by atoms with E-state index in [0.717, 1.165) is 19.3 Å². The Morgan fingerprint density at radius 3 is 2.33 bits per heavy atom. The van der Waals surface area contributed by atoms with E-state index in [2.05, 4.69) is 0 Å². The maximum atomic E-state index is 8.35. The Bertz CT molecular complexity index is 69.3. The lowest BCUT2D eigenvalue weighted by Gasteiger charge is -1.89. The van der Waals surface area contributed by atoms with Gasteiger partial charge in [0.25, 0.3) is 0 Å². The molecule has 0 rings (SSSR count). The molecule has 0 amide bonds. The van der Waals surface area contributed by atoms with Crippen molar-refractivity contribution in [3.8, 4) is 0 Å². The zero-order valence-corrected chi connectivity index (χ0v) is 5.58. The second kappa shape index (κ2) is 7.66. The van der Waals surface area contributed by atoms with E-state index in [4.69, 9.17) is 10.2 Å². The van der Waals surface area contributed by atoms with Gasteiger partial charge in [-0.15, -0.1) is 0 Å². The molecule has 0 bridgehead atoms. The van der Waals surface area contributed by atoms with Crippen LogP contribution < -0.4 is 0 Å². The second-order valence-corrected chi connectivity index (χ2v) is 1.87. The third kappa shape index (κ3) is 7.66. The number of aliphatic hydroxyl groups is 2. The van der Waals surface area contributed by atoms with E-state index < -0.39 is 0 Å².